The number of aromatic nitrogens is 3. The predicted molar refractivity (Wildman–Crippen MR) is 118 cm³/mol. The molecule has 1 aromatic heterocycles. The van der Waals surface area contributed by atoms with Crippen molar-refractivity contribution in [3.05, 3.63) is 23.8 Å². The van der Waals surface area contributed by atoms with Gasteiger partial charge >= 0.3 is 0 Å². The fourth-order valence-corrected chi connectivity index (χ4v) is 3.81. The summed E-state index contributed by atoms with van der Waals surface area (Å²) in [7, 11) is 1.52. The van der Waals surface area contributed by atoms with Gasteiger partial charge in [0.05, 0.1) is 13.3 Å². The van der Waals surface area contributed by atoms with Crippen LogP contribution in [0.2, 0.25) is 0 Å². The van der Waals surface area contributed by atoms with Crippen molar-refractivity contribution in [3.63, 3.8) is 0 Å². The molecule has 160 valence electrons. The van der Waals surface area contributed by atoms with Crippen molar-refractivity contribution in [2.75, 3.05) is 48.5 Å². The lowest BCUT2D eigenvalue weighted by Crippen LogP contribution is -2.34. The van der Waals surface area contributed by atoms with Crippen LogP contribution in [0.25, 0.3) is 0 Å². The van der Waals surface area contributed by atoms with Crippen LogP contribution in [0, 0.1) is 0 Å². The molecule has 0 spiro atoms. The minimum atomic E-state index is 0.0948. The molecule has 0 atom stereocenters. The highest BCUT2D eigenvalue weighted by Crippen LogP contribution is 2.26. The molecule has 1 aromatic carbocycles. The number of phenols is 1. The van der Waals surface area contributed by atoms with Gasteiger partial charge in [-0.3, -0.25) is 0 Å². The summed E-state index contributed by atoms with van der Waals surface area (Å²) >= 11 is 0. The van der Waals surface area contributed by atoms with Gasteiger partial charge in [0.25, 0.3) is 0 Å². The maximum absolute atomic E-state index is 9.73. The molecule has 2 saturated heterocycles. The zero-order valence-corrected chi connectivity index (χ0v) is 17.4. The van der Waals surface area contributed by atoms with Gasteiger partial charge in [-0.25, -0.2) is 5.43 Å². The molecular weight excluding hydrogens is 382 g/mol. The highest BCUT2D eigenvalue weighted by Gasteiger charge is 2.20. The molecular formula is C21H29N7O2. The normalized spacial score (nSPS) is 17.4. The Bertz CT molecular complexity index is 841. The lowest BCUT2D eigenvalue weighted by molar-refractivity contribution is 0.373. The zero-order chi connectivity index (χ0) is 20.8. The first-order chi connectivity index (χ1) is 14.7. The molecule has 2 fully saturated rings. The third-order valence-corrected chi connectivity index (χ3v) is 5.47. The third kappa shape index (κ3) is 4.90. The maximum Gasteiger partial charge on any atom is 0.250 e. The van der Waals surface area contributed by atoms with E-state index >= 15 is 0 Å². The van der Waals surface area contributed by atoms with E-state index in [2.05, 4.69) is 30.3 Å². The summed E-state index contributed by atoms with van der Waals surface area (Å²) in [5, 5.41) is 14.0. The Hall–Kier alpha value is -3.10. The number of anilines is 3. The van der Waals surface area contributed by atoms with E-state index in [4.69, 9.17) is 9.72 Å². The number of nitrogens with one attached hydrogen (secondary N) is 1. The van der Waals surface area contributed by atoms with Gasteiger partial charge in [-0.05, 0) is 62.3 Å². The van der Waals surface area contributed by atoms with Gasteiger partial charge in [-0.1, -0.05) is 0 Å². The molecule has 30 heavy (non-hydrogen) atoms. The first kappa shape index (κ1) is 20.2. The minimum Gasteiger partial charge on any atom is -0.504 e. The number of ether oxygens (including phenoxy) is 1. The number of hydrazone groups is 1. The second-order valence-corrected chi connectivity index (χ2v) is 7.66. The number of phenolic OH excluding ortho intramolecular Hbond substituents is 1. The van der Waals surface area contributed by atoms with Crippen LogP contribution < -0.4 is 20.0 Å². The minimum absolute atomic E-state index is 0.0948. The summed E-state index contributed by atoms with van der Waals surface area (Å²) in [6.07, 6.45) is 8.80. The average molecular weight is 412 g/mol. The quantitative estimate of drug-likeness (QED) is 0.553. The summed E-state index contributed by atoms with van der Waals surface area (Å²) in [4.78, 5) is 18.5. The second kappa shape index (κ2) is 9.60. The maximum atomic E-state index is 9.73. The van der Waals surface area contributed by atoms with E-state index in [-0.39, 0.29) is 5.75 Å². The predicted octanol–water partition coefficient (Wildman–Crippen LogP) is 3.01. The molecule has 9 heteroatoms. The largest absolute Gasteiger partial charge is 0.504 e. The molecule has 0 bridgehead atoms. The number of benzene rings is 1. The number of hydrogen-bond donors (Lipinski definition) is 2. The van der Waals surface area contributed by atoms with Gasteiger partial charge in [0.15, 0.2) is 11.5 Å². The molecule has 2 aromatic rings. The van der Waals surface area contributed by atoms with Gasteiger partial charge in [0.2, 0.25) is 17.8 Å². The molecule has 9 nitrogen and oxygen atoms in total. The Kier molecular flexibility index (Phi) is 6.46. The molecule has 2 aliphatic heterocycles. The Morgan fingerprint density at radius 3 is 2.10 bits per heavy atom. The molecule has 2 aliphatic rings. The van der Waals surface area contributed by atoms with Gasteiger partial charge in [-0.2, -0.15) is 20.1 Å². The Balaban J connectivity index is 1.54. The third-order valence-electron chi connectivity index (χ3n) is 5.47. The standard InChI is InChI=1S/C21H29N7O2/c1-30-18-14-16(8-9-17(18)29)15-22-26-19-23-20(27-10-4-2-5-11-27)25-21(24-19)28-12-6-3-7-13-28/h8-9,14-15,29H,2-7,10-13H2,1H3,(H,23,24,25,26)/b22-15+. The van der Waals surface area contributed by atoms with Crippen molar-refractivity contribution in [2.24, 2.45) is 5.10 Å². The second-order valence-electron chi connectivity index (χ2n) is 7.66. The summed E-state index contributed by atoms with van der Waals surface area (Å²) in [5.41, 5.74) is 3.75. The van der Waals surface area contributed by atoms with Crippen LogP contribution in [0.3, 0.4) is 0 Å². The SMILES string of the molecule is COc1cc(/C=N/Nc2nc(N3CCCCC3)nc(N3CCCCC3)n2)ccc1O. The Labute approximate surface area is 176 Å². The molecule has 0 radical (unpaired) electrons. The average Bonchev–Trinajstić information content (AvgIpc) is 2.81. The van der Waals surface area contributed by atoms with Crippen LogP contribution in [0.5, 0.6) is 11.5 Å². The van der Waals surface area contributed by atoms with Crippen molar-refractivity contribution in [1.82, 2.24) is 15.0 Å². The Morgan fingerprint density at radius 1 is 0.933 bits per heavy atom. The van der Waals surface area contributed by atoms with Crippen LogP contribution in [0.15, 0.2) is 23.3 Å². The summed E-state index contributed by atoms with van der Waals surface area (Å²) in [6.45, 7) is 3.89. The molecule has 0 amide bonds. The summed E-state index contributed by atoms with van der Waals surface area (Å²) in [5.74, 6) is 2.37. The number of rotatable bonds is 6. The van der Waals surface area contributed by atoms with E-state index in [1.165, 1.54) is 20.0 Å². The molecule has 2 N–H and O–H groups in total. The Morgan fingerprint density at radius 2 is 1.53 bits per heavy atom. The van der Waals surface area contributed by atoms with Gasteiger partial charge in [-0.15, -0.1) is 0 Å². The summed E-state index contributed by atoms with van der Waals surface area (Å²) < 4.78 is 5.14. The lowest BCUT2D eigenvalue weighted by atomic mass is 10.1. The van der Waals surface area contributed by atoms with Crippen LogP contribution in [-0.4, -0.2) is 59.6 Å². The van der Waals surface area contributed by atoms with Crippen LogP contribution in [0.1, 0.15) is 44.1 Å². The van der Waals surface area contributed by atoms with E-state index in [1.54, 1.807) is 24.4 Å². The summed E-state index contributed by atoms with van der Waals surface area (Å²) in [6, 6.07) is 5.05. The van der Waals surface area contributed by atoms with E-state index in [1.807, 2.05) is 0 Å². The number of nitrogens with zero attached hydrogens (tertiary/aromatic N) is 6. The van der Waals surface area contributed by atoms with E-state index in [0.29, 0.717) is 23.6 Å². The zero-order valence-electron chi connectivity index (χ0n) is 17.4. The number of methoxy groups -OCH3 is 1. The van der Waals surface area contributed by atoms with E-state index < -0.39 is 0 Å². The highest BCUT2D eigenvalue weighted by molar-refractivity contribution is 5.81. The van der Waals surface area contributed by atoms with Gasteiger partial charge < -0.3 is 19.6 Å². The van der Waals surface area contributed by atoms with Crippen LogP contribution >= 0.6 is 0 Å². The molecule has 0 unspecified atom stereocenters. The first-order valence-corrected chi connectivity index (χ1v) is 10.6. The molecule has 0 aliphatic carbocycles. The monoisotopic (exact) mass is 411 g/mol. The smallest absolute Gasteiger partial charge is 0.250 e. The number of hydrogen-bond acceptors (Lipinski definition) is 9. The first-order valence-electron chi connectivity index (χ1n) is 10.6. The van der Waals surface area contributed by atoms with Crippen LogP contribution in [0.4, 0.5) is 17.8 Å². The van der Waals surface area contributed by atoms with Gasteiger partial charge in [0.1, 0.15) is 0 Å². The van der Waals surface area contributed by atoms with Crippen LogP contribution in [-0.2, 0) is 0 Å². The van der Waals surface area contributed by atoms with Gasteiger partial charge in [0, 0.05) is 26.2 Å². The molecule has 0 saturated carbocycles. The fourth-order valence-electron chi connectivity index (χ4n) is 3.81. The fraction of sp³-hybridized carbons (Fsp3) is 0.524. The van der Waals surface area contributed by atoms with Crippen molar-refractivity contribution in [2.45, 2.75) is 38.5 Å². The van der Waals surface area contributed by atoms with Crippen molar-refractivity contribution in [3.8, 4) is 11.5 Å². The number of piperidine rings is 2. The number of aromatic hydroxyl groups is 1. The van der Waals surface area contributed by atoms with Crippen molar-refractivity contribution in [1.29, 1.82) is 0 Å². The molecule has 3 heterocycles. The van der Waals surface area contributed by atoms with Crippen molar-refractivity contribution < 1.29 is 9.84 Å². The molecule has 4 rings (SSSR count). The highest BCUT2D eigenvalue weighted by atomic mass is 16.5. The van der Waals surface area contributed by atoms with E-state index in [9.17, 15) is 5.11 Å². The van der Waals surface area contributed by atoms with E-state index in [0.717, 1.165) is 57.4 Å². The lowest BCUT2D eigenvalue weighted by Gasteiger charge is -2.30. The topological polar surface area (TPSA) is 99.0 Å². The van der Waals surface area contributed by atoms with Crippen molar-refractivity contribution >= 4 is 24.1 Å².